The maximum atomic E-state index is 11.5. The van der Waals surface area contributed by atoms with Gasteiger partial charge in [-0.25, -0.2) is 4.79 Å². The van der Waals surface area contributed by atoms with Crippen LogP contribution in [0.3, 0.4) is 0 Å². The number of aryl methyl sites for hydroxylation is 1. The molecule has 0 saturated carbocycles. The van der Waals surface area contributed by atoms with Gasteiger partial charge < -0.3 is 4.74 Å². The highest BCUT2D eigenvalue weighted by Gasteiger charge is 2.43. The van der Waals surface area contributed by atoms with Crippen LogP contribution < -0.4 is 4.74 Å². The summed E-state index contributed by atoms with van der Waals surface area (Å²) in [5.41, 5.74) is 0.0854. The third-order valence-corrected chi connectivity index (χ3v) is 3.72. The summed E-state index contributed by atoms with van der Waals surface area (Å²) >= 11 is 0. The zero-order chi connectivity index (χ0) is 15.5. The molecule has 0 amide bonds. The van der Waals surface area contributed by atoms with Gasteiger partial charge in [0, 0.05) is 0 Å². The molecule has 0 atom stereocenters. The van der Waals surface area contributed by atoms with E-state index in [9.17, 15) is 4.79 Å². The topological polar surface area (TPSA) is 87.0 Å². The molecule has 0 bridgehead atoms. The Morgan fingerprint density at radius 3 is 2.29 bits per heavy atom. The zero-order valence-electron chi connectivity index (χ0n) is 11.4. The highest BCUT2D eigenvalue weighted by atomic mass is 31.2. The largest absolute Gasteiger partial charge is 0.483 e. The van der Waals surface area contributed by atoms with Crippen LogP contribution in [0.15, 0.2) is 48.5 Å². The van der Waals surface area contributed by atoms with Crippen LogP contribution in [0.5, 0.6) is 11.5 Å². The number of benzene rings is 2. The van der Waals surface area contributed by atoms with Gasteiger partial charge in [0.1, 0.15) is 11.5 Å². The average molecular weight is 307 g/mol. The molecule has 5 nitrogen and oxygen atoms in total. The van der Waals surface area contributed by atoms with Crippen molar-refractivity contribution in [1.82, 2.24) is 0 Å². The van der Waals surface area contributed by atoms with Crippen LogP contribution in [0.4, 0.5) is 0 Å². The molecule has 0 spiro atoms. The number of carbonyl (C=O) groups excluding carboxylic acids is 1. The van der Waals surface area contributed by atoms with Crippen molar-refractivity contribution in [1.29, 1.82) is 0 Å². The second-order valence-corrected chi connectivity index (χ2v) is 6.04. The summed E-state index contributed by atoms with van der Waals surface area (Å²) in [7, 11) is -4.50. The quantitative estimate of drug-likeness (QED) is 0.739. The standard InChI is InChI=1S/C15H16O5P/c1-2-11-4-3-5-14(10-11)20-13-8-6-12(7-9-13)15(16)21(17,18)19/h3-10,17-19H,2H2,1H3/q+1. The lowest BCUT2D eigenvalue weighted by molar-refractivity contribution is 0.102. The molecular weight excluding hydrogens is 291 g/mol. The van der Waals surface area contributed by atoms with E-state index < -0.39 is 13.5 Å². The summed E-state index contributed by atoms with van der Waals surface area (Å²) < 4.78 is 5.65. The molecule has 2 aromatic carbocycles. The predicted molar refractivity (Wildman–Crippen MR) is 80.2 cm³/mol. The summed E-state index contributed by atoms with van der Waals surface area (Å²) in [5, 5.41) is 0. The van der Waals surface area contributed by atoms with E-state index in [-0.39, 0.29) is 5.56 Å². The van der Waals surface area contributed by atoms with Crippen molar-refractivity contribution in [3.63, 3.8) is 0 Å². The summed E-state index contributed by atoms with van der Waals surface area (Å²) in [6.07, 6.45) is 0.903. The van der Waals surface area contributed by atoms with Crippen molar-refractivity contribution >= 4 is 13.5 Å². The Bertz CT molecular complexity index is 631. The molecule has 2 aromatic rings. The van der Waals surface area contributed by atoms with Crippen molar-refractivity contribution in [2.45, 2.75) is 13.3 Å². The molecule has 0 radical (unpaired) electrons. The van der Waals surface area contributed by atoms with E-state index in [1.54, 1.807) is 0 Å². The lowest BCUT2D eigenvalue weighted by Gasteiger charge is -2.07. The fraction of sp³-hybridized carbons (Fsp3) is 0.133. The van der Waals surface area contributed by atoms with E-state index in [0.29, 0.717) is 11.5 Å². The molecule has 0 fully saturated rings. The summed E-state index contributed by atoms with van der Waals surface area (Å²) in [4.78, 5) is 38.3. The van der Waals surface area contributed by atoms with E-state index in [0.717, 1.165) is 12.0 Å². The number of carbonyl (C=O) groups is 1. The van der Waals surface area contributed by atoms with Crippen LogP contribution in [0.1, 0.15) is 22.8 Å². The molecule has 0 heterocycles. The highest BCUT2D eigenvalue weighted by molar-refractivity contribution is 7.76. The van der Waals surface area contributed by atoms with Crippen LogP contribution in [0, 0.1) is 0 Å². The van der Waals surface area contributed by atoms with Crippen LogP contribution >= 0.6 is 7.94 Å². The molecule has 6 heteroatoms. The van der Waals surface area contributed by atoms with Gasteiger partial charge in [-0.3, -0.25) is 0 Å². The van der Waals surface area contributed by atoms with Crippen LogP contribution in [0.2, 0.25) is 0 Å². The van der Waals surface area contributed by atoms with Gasteiger partial charge in [-0.05, 0) is 48.4 Å². The van der Waals surface area contributed by atoms with Crippen LogP contribution in [0.25, 0.3) is 0 Å². The Balaban J connectivity index is 2.14. The average Bonchev–Trinajstić information content (AvgIpc) is 2.46. The molecule has 110 valence electrons. The first-order chi connectivity index (χ1) is 9.90. The molecule has 0 aromatic heterocycles. The Labute approximate surface area is 123 Å². The zero-order valence-corrected chi connectivity index (χ0v) is 12.3. The minimum Gasteiger partial charge on any atom is -0.457 e. The van der Waals surface area contributed by atoms with Gasteiger partial charge in [0.05, 0.1) is 5.56 Å². The van der Waals surface area contributed by atoms with Crippen molar-refractivity contribution in [2.75, 3.05) is 0 Å². The summed E-state index contributed by atoms with van der Waals surface area (Å²) in [6, 6.07) is 13.4. The van der Waals surface area contributed by atoms with Gasteiger partial charge in [0.2, 0.25) is 0 Å². The van der Waals surface area contributed by atoms with Crippen LogP contribution in [-0.4, -0.2) is 20.2 Å². The van der Waals surface area contributed by atoms with Crippen LogP contribution in [-0.2, 0) is 6.42 Å². The van der Waals surface area contributed by atoms with Crippen molar-refractivity contribution < 1.29 is 24.2 Å². The van der Waals surface area contributed by atoms with E-state index in [2.05, 4.69) is 0 Å². The van der Waals surface area contributed by atoms with Gasteiger partial charge in [0.25, 0.3) is 0 Å². The summed E-state index contributed by atoms with van der Waals surface area (Å²) in [5.74, 6) is 1.19. The third kappa shape index (κ3) is 4.09. The molecule has 0 unspecified atom stereocenters. The van der Waals surface area contributed by atoms with E-state index >= 15 is 0 Å². The normalized spacial score (nSPS) is 11.2. The van der Waals surface area contributed by atoms with E-state index in [1.165, 1.54) is 24.3 Å². The Kier molecular flexibility index (Phi) is 4.70. The van der Waals surface area contributed by atoms with E-state index in [4.69, 9.17) is 19.4 Å². The fourth-order valence-electron chi connectivity index (χ4n) is 1.80. The fourth-order valence-corrected chi connectivity index (χ4v) is 2.30. The molecule has 3 N–H and O–H groups in total. The van der Waals surface area contributed by atoms with Crippen molar-refractivity contribution in [3.05, 3.63) is 59.7 Å². The molecule has 0 saturated heterocycles. The van der Waals surface area contributed by atoms with E-state index in [1.807, 2.05) is 31.2 Å². The lowest BCUT2D eigenvalue weighted by atomic mass is 10.2. The lowest BCUT2D eigenvalue weighted by Crippen LogP contribution is -2.05. The van der Waals surface area contributed by atoms with Gasteiger partial charge in [-0.15, -0.1) is 0 Å². The first-order valence-corrected chi connectivity index (χ1v) is 8.04. The van der Waals surface area contributed by atoms with Gasteiger partial charge in [0.15, 0.2) is 0 Å². The maximum Gasteiger partial charge on any atom is 0.483 e. The van der Waals surface area contributed by atoms with Crippen molar-refractivity contribution in [2.24, 2.45) is 0 Å². The minimum atomic E-state index is -4.50. The smallest absolute Gasteiger partial charge is 0.457 e. The highest BCUT2D eigenvalue weighted by Crippen LogP contribution is 2.48. The number of hydrogen-bond acceptors (Lipinski definition) is 5. The second-order valence-electron chi connectivity index (χ2n) is 4.50. The van der Waals surface area contributed by atoms with Gasteiger partial charge >= 0.3 is 13.5 Å². The van der Waals surface area contributed by atoms with Gasteiger partial charge in [-0.2, -0.15) is 14.7 Å². The SMILES string of the molecule is CCc1cccc(Oc2ccc(C(=O)[P+](O)(O)O)cc2)c1. The number of hydrogen-bond donors (Lipinski definition) is 3. The molecule has 0 aliphatic heterocycles. The molecule has 2 rings (SSSR count). The van der Waals surface area contributed by atoms with Crippen molar-refractivity contribution in [3.8, 4) is 11.5 Å². The molecular formula is C15H16O5P+. The second kappa shape index (κ2) is 6.33. The Morgan fingerprint density at radius 2 is 1.71 bits per heavy atom. The maximum absolute atomic E-state index is 11.5. The Hall–Kier alpha value is -1.78. The number of ether oxygens (including phenoxy) is 1. The predicted octanol–water partition coefficient (Wildman–Crippen LogP) is 2.92. The van der Waals surface area contributed by atoms with Gasteiger partial charge in [-0.1, -0.05) is 19.1 Å². The monoisotopic (exact) mass is 307 g/mol. The third-order valence-electron chi connectivity index (χ3n) is 2.92. The molecule has 21 heavy (non-hydrogen) atoms. The Morgan fingerprint density at radius 1 is 1.05 bits per heavy atom. The minimum absolute atomic E-state index is 0.0190. The summed E-state index contributed by atoms with van der Waals surface area (Å²) in [6.45, 7) is 2.05. The molecule has 0 aliphatic rings. The molecule has 0 aliphatic carbocycles. The first kappa shape index (κ1) is 15.6. The first-order valence-electron chi connectivity index (χ1n) is 6.39. The number of rotatable bonds is 5.